The second-order valence-electron chi connectivity index (χ2n) is 10.5. The third-order valence-electron chi connectivity index (χ3n) is 6.89. The Labute approximate surface area is 235 Å². The molecule has 0 aliphatic carbocycles. The molecule has 40 heavy (non-hydrogen) atoms. The predicted octanol–water partition coefficient (Wildman–Crippen LogP) is 6.18. The lowest BCUT2D eigenvalue weighted by Crippen LogP contribution is -2.37. The molecular formula is C30H43FN2O7. The number of halogens is 1. The quantitative estimate of drug-likeness (QED) is 0.148. The van der Waals surface area contributed by atoms with Crippen LogP contribution in [0.1, 0.15) is 89.7 Å². The van der Waals surface area contributed by atoms with Gasteiger partial charge in [-0.1, -0.05) is 57.5 Å². The van der Waals surface area contributed by atoms with Gasteiger partial charge in [0, 0.05) is 48.4 Å². The Kier molecular flexibility index (Phi) is 14.9. The number of carbonyl (C=O) groups excluding carboxylic acids is 1. The van der Waals surface area contributed by atoms with Gasteiger partial charge < -0.3 is 24.4 Å². The number of likely N-dealkylation sites (tertiary alicyclic amines) is 1. The van der Waals surface area contributed by atoms with Crippen molar-refractivity contribution < 1.29 is 38.2 Å². The molecule has 1 fully saturated rings. The van der Waals surface area contributed by atoms with E-state index in [9.17, 15) is 18.8 Å². The van der Waals surface area contributed by atoms with Crippen LogP contribution in [0.25, 0.3) is 11.0 Å². The summed E-state index contributed by atoms with van der Waals surface area (Å²) in [6.07, 6.45) is 12.1. The van der Waals surface area contributed by atoms with Crippen molar-refractivity contribution in [2.45, 2.75) is 84.0 Å². The summed E-state index contributed by atoms with van der Waals surface area (Å²) < 4.78 is 24.2. The average molecular weight is 563 g/mol. The van der Waals surface area contributed by atoms with Crippen molar-refractivity contribution in [2.24, 2.45) is 5.92 Å². The summed E-state index contributed by atoms with van der Waals surface area (Å²) in [7, 11) is 0. The molecule has 222 valence electrons. The van der Waals surface area contributed by atoms with Crippen LogP contribution >= 0.6 is 0 Å². The Morgan fingerprint density at radius 2 is 1.70 bits per heavy atom. The largest absolute Gasteiger partial charge is 0.478 e. The Balaban J connectivity index is 0.000000611. The number of nitrogens with zero attached hydrogens (tertiary/aromatic N) is 2. The monoisotopic (exact) mass is 562 g/mol. The molecule has 0 bridgehead atoms. The van der Waals surface area contributed by atoms with Crippen molar-refractivity contribution in [3.8, 4) is 0 Å². The van der Waals surface area contributed by atoms with Crippen LogP contribution in [0.15, 0.2) is 34.9 Å². The predicted molar refractivity (Wildman–Crippen MR) is 150 cm³/mol. The highest BCUT2D eigenvalue weighted by Crippen LogP contribution is 2.33. The molecule has 9 nitrogen and oxygen atoms in total. The summed E-state index contributed by atoms with van der Waals surface area (Å²) in [6, 6.07) is 4.64. The number of carboxylic acids is 2. The highest BCUT2D eigenvalue weighted by Gasteiger charge is 2.26. The smallest absolute Gasteiger partial charge is 0.328 e. The number of esters is 1. The van der Waals surface area contributed by atoms with Gasteiger partial charge in [-0.3, -0.25) is 4.79 Å². The highest BCUT2D eigenvalue weighted by molar-refractivity contribution is 5.89. The Hall–Kier alpha value is -3.27. The summed E-state index contributed by atoms with van der Waals surface area (Å²) in [4.78, 5) is 33.5. The number of aromatic nitrogens is 1. The molecule has 1 aliphatic heterocycles. The van der Waals surface area contributed by atoms with Gasteiger partial charge >= 0.3 is 17.9 Å². The number of hydrogen-bond acceptors (Lipinski definition) is 7. The first kappa shape index (κ1) is 32.9. The van der Waals surface area contributed by atoms with Gasteiger partial charge in [0.25, 0.3) is 0 Å². The van der Waals surface area contributed by atoms with Crippen molar-refractivity contribution in [3.05, 3.63) is 41.9 Å². The molecule has 1 saturated heterocycles. The fraction of sp³-hybridized carbons (Fsp3) is 0.600. The lowest BCUT2D eigenvalue weighted by Gasteiger charge is -2.32. The number of aliphatic carboxylic acids is 2. The molecule has 2 aromatic rings. The van der Waals surface area contributed by atoms with Crippen LogP contribution in [0, 0.1) is 11.7 Å². The molecule has 1 aromatic carbocycles. The summed E-state index contributed by atoms with van der Waals surface area (Å²) in [5.74, 6) is -2.21. The van der Waals surface area contributed by atoms with Crippen molar-refractivity contribution in [1.29, 1.82) is 0 Å². The molecule has 2 heterocycles. The number of carboxylic acid groups (broad SMARTS) is 2. The van der Waals surface area contributed by atoms with E-state index in [4.69, 9.17) is 19.5 Å². The number of ether oxygens (including phenoxy) is 1. The summed E-state index contributed by atoms with van der Waals surface area (Å²) in [5.41, 5.74) is 1.47. The van der Waals surface area contributed by atoms with E-state index in [0.717, 1.165) is 56.4 Å². The lowest BCUT2D eigenvalue weighted by molar-refractivity contribution is -0.145. The minimum atomic E-state index is -1.26. The molecule has 3 rings (SSSR count). The van der Waals surface area contributed by atoms with E-state index in [2.05, 4.69) is 23.9 Å². The molecule has 0 saturated carbocycles. The first-order chi connectivity index (χ1) is 19.2. The molecule has 1 aromatic heterocycles. The lowest BCUT2D eigenvalue weighted by atomic mass is 9.91. The van der Waals surface area contributed by atoms with Gasteiger partial charge in [0.2, 0.25) is 0 Å². The van der Waals surface area contributed by atoms with Crippen LogP contribution in [0.4, 0.5) is 4.39 Å². The standard InChI is InChI=1S/C26H39FN2O3.C4H4O4/c1-3-4-5-6-7-8-9-10-25(30)31-19-20(2)18-29-15-13-21(14-16-29)26-23-12-11-22(27)17-24(23)32-28-26;5-3(6)1-2-4(7)8/h11-12,17,20-21H,3-10,13-16,18-19H2,1-2H3;1-2H,(H,5,6)(H,7,8)/t20-;/m0./s1. The molecule has 0 radical (unpaired) electrons. The number of hydrogen-bond donors (Lipinski definition) is 2. The van der Waals surface area contributed by atoms with Gasteiger partial charge in [0.15, 0.2) is 5.58 Å². The zero-order valence-electron chi connectivity index (χ0n) is 23.6. The van der Waals surface area contributed by atoms with Gasteiger partial charge in [-0.05, 0) is 44.5 Å². The summed E-state index contributed by atoms with van der Waals surface area (Å²) in [6.45, 7) is 7.76. The zero-order chi connectivity index (χ0) is 29.3. The van der Waals surface area contributed by atoms with Gasteiger partial charge in [-0.2, -0.15) is 0 Å². The minimum Gasteiger partial charge on any atom is -0.478 e. The molecule has 0 amide bonds. The van der Waals surface area contributed by atoms with Crippen molar-refractivity contribution in [3.63, 3.8) is 0 Å². The van der Waals surface area contributed by atoms with E-state index in [1.54, 1.807) is 6.07 Å². The third kappa shape index (κ3) is 12.7. The van der Waals surface area contributed by atoms with E-state index in [0.29, 0.717) is 42.6 Å². The molecule has 1 atom stereocenters. The molecular weight excluding hydrogens is 519 g/mol. The SMILES string of the molecule is CCCCCCCCCC(=O)OC[C@@H](C)CN1CCC(c2noc3cc(F)ccc23)CC1.O=C(O)C=CC(=O)O. The van der Waals surface area contributed by atoms with Crippen LogP contribution in [0.3, 0.4) is 0 Å². The molecule has 0 unspecified atom stereocenters. The van der Waals surface area contributed by atoms with E-state index < -0.39 is 11.9 Å². The van der Waals surface area contributed by atoms with Crippen LogP contribution in [-0.2, 0) is 19.1 Å². The first-order valence-corrected chi connectivity index (χ1v) is 14.3. The maximum Gasteiger partial charge on any atom is 0.328 e. The van der Waals surface area contributed by atoms with Crippen molar-refractivity contribution in [2.75, 3.05) is 26.2 Å². The normalized spacial score (nSPS) is 15.1. The number of rotatable bonds is 15. The van der Waals surface area contributed by atoms with E-state index in [-0.39, 0.29) is 11.8 Å². The number of piperidine rings is 1. The average Bonchev–Trinajstić information content (AvgIpc) is 3.34. The van der Waals surface area contributed by atoms with Gasteiger partial charge in [-0.15, -0.1) is 0 Å². The number of benzene rings is 1. The molecule has 1 aliphatic rings. The Morgan fingerprint density at radius 1 is 1.07 bits per heavy atom. The van der Waals surface area contributed by atoms with Crippen molar-refractivity contribution in [1.82, 2.24) is 10.1 Å². The Bertz CT molecular complexity index is 1080. The van der Waals surface area contributed by atoms with E-state index in [1.807, 2.05) is 0 Å². The highest BCUT2D eigenvalue weighted by atomic mass is 19.1. The molecule has 0 spiro atoms. The second kappa shape index (κ2) is 18.1. The van der Waals surface area contributed by atoms with Gasteiger partial charge in [0.1, 0.15) is 5.82 Å². The van der Waals surface area contributed by atoms with Gasteiger partial charge in [-0.25, -0.2) is 14.0 Å². The fourth-order valence-corrected chi connectivity index (χ4v) is 4.78. The second-order valence-corrected chi connectivity index (χ2v) is 10.5. The third-order valence-corrected chi connectivity index (χ3v) is 6.89. The fourth-order valence-electron chi connectivity index (χ4n) is 4.78. The molecule has 2 N–H and O–H groups in total. The van der Waals surface area contributed by atoms with Gasteiger partial charge in [0.05, 0.1) is 12.3 Å². The zero-order valence-corrected chi connectivity index (χ0v) is 23.6. The topological polar surface area (TPSA) is 130 Å². The first-order valence-electron chi connectivity index (χ1n) is 14.3. The van der Waals surface area contributed by atoms with Crippen LogP contribution in [0.2, 0.25) is 0 Å². The Morgan fingerprint density at radius 3 is 2.33 bits per heavy atom. The molecule has 10 heteroatoms. The van der Waals surface area contributed by atoms with Crippen molar-refractivity contribution >= 4 is 28.9 Å². The number of unbranched alkanes of at least 4 members (excludes halogenated alkanes) is 6. The summed E-state index contributed by atoms with van der Waals surface area (Å²) >= 11 is 0. The maximum absolute atomic E-state index is 13.4. The van der Waals surface area contributed by atoms with Crippen LogP contribution in [-0.4, -0.2) is 64.4 Å². The minimum absolute atomic E-state index is 0.0570. The number of carbonyl (C=O) groups is 3. The summed E-state index contributed by atoms with van der Waals surface area (Å²) in [5, 5.41) is 20.8. The van der Waals surface area contributed by atoms with E-state index in [1.165, 1.54) is 44.2 Å². The van der Waals surface area contributed by atoms with E-state index >= 15 is 0 Å². The van der Waals surface area contributed by atoms with Crippen LogP contribution in [0.5, 0.6) is 0 Å². The maximum atomic E-state index is 13.4. The number of fused-ring (bicyclic) bond motifs is 1. The van der Waals surface area contributed by atoms with Crippen LogP contribution < -0.4 is 0 Å².